The van der Waals surface area contributed by atoms with Crippen LogP contribution in [-0.4, -0.2) is 11.5 Å². The quantitative estimate of drug-likeness (QED) is 0.499. The van der Waals surface area contributed by atoms with E-state index >= 15 is 0 Å². The normalized spacial score (nSPS) is 9.30. The van der Waals surface area contributed by atoms with E-state index < -0.39 is 5.82 Å². The third kappa shape index (κ3) is 4.16. The maximum absolute atomic E-state index is 12.9. The first-order valence-corrected chi connectivity index (χ1v) is 5.75. The molecule has 2 rings (SSSR count). The van der Waals surface area contributed by atoms with Crippen LogP contribution in [0.25, 0.3) is 0 Å². The molecule has 0 bridgehead atoms. The molecule has 0 saturated heterocycles. The Labute approximate surface area is 116 Å². The molecule has 0 atom stereocenters. The molecule has 0 heterocycles. The molecule has 0 aliphatic carbocycles. The van der Waals surface area contributed by atoms with Crippen molar-refractivity contribution in [2.24, 2.45) is 5.73 Å². The predicted molar refractivity (Wildman–Crippen MR) is 77.2 cm³/mol. The lowest BCUT2D eigenvalue weighted by Crippen LogP contribution is -1.94. The topological polar surface area (TPSA) is 101 Å². The number of primary amides is 1. The smallest absolute Gasteiger partial charge is 0.204 e. The van der Waals surface area contributed by atoms with Crippen LogP contribution in [0.15, 0.2) is 36.4 Å². The molecule has 5 nitrogen and oxygen atoms in total. The molecule has 2 aromatic carbocycles. The molecule has 0 saturated carbocycles. The van der Waals surface area contributed by atoms with Gasteiger partial charge in [-0.3, -0.25) is 4.79 Å². The van der Waals surface area contributed by atoms with Crippen LogP contribution in [0.2, 0.25) is 0 Å². The van der Waals surface area contributed by atoms with Crippen LogP contribution in [0, 0.1) is 12.7 Å². The predicted octanol–water partition coefficient (Wildman–Crippen LogP) is 2.27. The number of phenols is 1. The Balaban J connectivity index is 0.000000612. The zero-order chi connectivity index (χ0) is 15.1. The number of nitrogens with two attached hydrogens (primary N) is 2. The van der Waals surface area contributed by atoms with Crippen LogP contribution in [-0.2, 0) is 4.79 Å². The number of rotatable bonds is 2. The summed E-state index contributed by atoms with van der Waals surface area (Å²) >= 11 is 0. The number of nitrogens with one attached hydrogen (secondary N) is 1. The third-order valence-corrected chi connectivity index (χ3v) is 2.51. The van der Waals surface area contributed by atoms with Gasteiger partial charge in [0.15, 0.2) is 11.6 Å². The van der Waals surface area contributed by atoms with Gasteiger partial charge in [0.25, 0.3) is 0 Å². The van der Waals surface area contributed by atoms with Crippen LogP contribution in [0.1, 0.15) is 5.56 Å². The number of amides is 1. The molecule has 0 spiro atoms. The molecule has 106 valence electrons. The lowest BCUT2D eigenvalue weighted by atomic mass is 10.2. The van der Waals surface area contributed by atoms with Crippen molar-refractivity contribution in [1.82, 2.24) is 0 Å². The number of halogens is 1. The minimum Gasteiger partial charge on any atom is -0.505 e. The van der Waals surface area contributed by atoms with E-state index in [1.165, 1.54) is 12.1 Å². The van der Waals surface area contributed by atoms with Crippen LogP contribution >= 0.6 is 0 Å². The molecule has 6 N–H and O–H groups in total. The molecule has 2 aromatic rings. The minimum absolute atomic E-state index is 0.250. The molecular formula is C14H16FN3O2. The van der Waals surface area contributed by atoms with Gasteiger partial charge in [-0.2, -0.15) is 0 Å². The van der Waals surface area contributed by atoms with Gasteiger partial charge in [-0.25, -0.2) is 4.39 Å². The molecule has 0 aliphatic rings. The maximum atomic E-state index is 12.9. The SMILES string of the molecule is Cc1ccc(Nc2ccc(F)c(O)c2)cc1N.NC=O. The van der Waals surface area contributed by atoms with Crippen molar-refractivity contribution in [2.45, 2.75) is 6.92 Å². The van der Waals surface area contributed by atoms with Crippen molar-refractivity contribution in [3.63, 3.8) is 0 Å². The largest absolute Gasteiger partial charge is 0.505 e. The molecule has 0 unspecified atom stereocenters. The highest BCUT2D eigenvalue weighted by molar-refractivity contribution is 5.66. The number of aryl methyl sites for hydroxylation is 1. The van der Waals surface area contributed by atoms with E-state index in [9.17, 15) is 9.50 Å². The minimum atomic E-state index is -0.640. The number of benzene rings is 2. The fourth-order valence-corrected chi connectivity index (χ4v) is 1.48. The van der Waals surface area contributed by atoms with E-state index in [4.69, 9.17) is 10.5 Å². The summed E-state index contributed by atoms with van der Waals surface area (Å²) in [6.07, 6.45) is 0.250. The third-order valence-electron chi connectivity index (χ3n) is 2.51. The molecule has 0 radical (unpaired) electrons. The highest BCUT2D eigenvalue weighted by atomic mass is 19.1. The van der Waals surface area contributed by atoms with Crippen molar-refractivity contribution in [3.05, 3.63) is 47.8 Å². The first-order chi connectivity index (χ1) is 9.47. The molecular weight excluding hydrogens is 261 g/mol. The van der Waals surface area contributed by atoms with E-state index in [2.05, 4.69) is 11.1 Å². The van der Waals surface area contributed by atoms with Gasteiger partial charge in [0.2, 0.25) is 6.41 Å². The summed E-state index contributed by atoms with van der Waals surface area (Å²) in [6.45, 7) is 1.92. The average Bonchev–Trinajstić information content (AvgIpc) is 2.39. The fraction of sp³-hybridized carbons (Fsp3) is 0.0714. The Morgan fingerprint density at radius 2 is 1.75 bits per heavy atom. The van der Waals surface area contributed by atoms with Gasteiger partial charge in [0.1, 0.15) is 0 Å². The van der Waals surface area contributed by atoms with Gasteiger partial charge in [0, 0.05) is 23.1 Å². The molecule has 0 aliphatic heterocycles. The summed E-state index contributed by atoms with van der Waals surface area (Å²) in [5.41, 5.74) is 13.0. The first-order valence-electron chi connectivity index (χ1n) is 5.75. The Hall–Kier alpha value is -2.76. The van der Waals surface area contributed by atoms with Gasteiger partial charge < -0.3 is 21.9 Å². The van der Waals surface area contributed by atoms with Crippen LogP contribution in [0.3, 0.4) is 0 Å². The zero-order valence-electron chi connectivity index (χ0n) is 10.9. The second kappa shape index (κ2) is 6.98. The lowest BCUT2D eigenvalue weighted by molar-refractivity contribution is -0.106. The van der Waals surface area contributed by atoms with Crippen molar-refractivity contribution in [3.8, 4) is 5.75 Å². The van der Waals surface area contributed by atoms with Gasteiger partial charge >= 0.3 is 0 Å². The van der Waals surface area contributed by atoms with E-state index in [1.807, 2.05) is 19.1 Å². The van der Waals surface area contributed by atoms with E-state index in [0.29, 0.717) is 11.4 Å². The molecule has 6 heteroatoms. The summed E-state index contributed by atoms with van der Waals surface area (Å²) < 4.78 is 12.9. The second-order valence-electron chi connectivity index (χ2n) is 4.00. The van der Waals surface area contributed by atoms with Gasteiger partial charge in [-0.15, -0.1) is 0 Å². The van der Waals surface area contributed by atoms with Crippen molar-refractivity contribution < 1.29 is 14.3 Å². The Morgan fingerprint density at radius 1 is 1.20 bits per heavy atom. The zero-order valence-corrected chi connectivity index (χ0v) is 10.9. The number of aromatic hydroxyl groups is 1. The van der Waals surface area contributed by atoms with E-state index in [-0.39, 0.29) is 12.2 Å². The van der Waals surface area contributed by atoms with Gasteiger partial charge in [-0.05, 0) is 36.8 Å². The highest BCUT2D eigenvalue weighted by Crippen LogP contribution is 2.25. The molecule has 0 fully saturated rings. The van der Waals surface area contributed by atoms with E-state index in [1.54, 1.807) is 12.1 Å². The first kappa shape index (κ1) is 15.3. The number of carbonyl (C=O) groups excluding carboxylic acids is 1. The molecule has 20 heavy (non-hydrogen) atoms. The fourth-order valence-electron chi connectivity index (χ4n) is 1.48. The molecule has 1 amide bonds. The summed E-state index contributed by atoms with van der Waals surface area (Å²) in [5.74, 6) is -1.02. The summed E-state index contributed by atoms with van der Waals surface area (Å²) in [4.78, 5) is 8.58. The number of carbonyl (C=O) groups is 1. The highest BCUT2D eigenvalue weighted by Gasteiger charge is 2.02. The maximum Gasteiger partial charge on any atom is 0.204 e. The van der Waals surface area contributed by atoms with Crippen molar-refractivity contribution >= 4 is 23.5 Å². The number of anilines is 3. The molecule has 0 aromatic heterocycles. The Kier molecular flexibility index (Phi) is 5.34. The van der Waals surface area contributed by atoms with Crippen LogP contribution in [0.5, 0.6) is 5.75 Å². The van der Waals surface area contributed by atoms with Crippen molar-refractivity contribution in [2.75, 3.05) is 11.1 Å². The van der Waals surface area contributed by atoms with Gasteiger partial charge in [0.05, 0.1) is 0 Å². The van der Waals surface area contributed by atoms with Crippen LogP contribution < -0.4 is 16.8 Å². The number of hydrogen-bond donors (Lipinski definition) is 4. The Morgan fingerprint density at radius 3 is 2.30 bits per heavy atom. The second-order valence-corrected chi connectivity index (χ2v) is 4.00. The Bertz CT molecular complexity index is 553. The van der Waals surface area contributed by atoms with Crippen molar-refractivity contribution in [1.29, 1.82) is 0 Å². The number of hydrogen-bond acceptors (Lipinski definition) is 4. The number of nitrogen functional groups attached to an aromatic ring is 1. The monoisotopic (exact) mass is 277 g/mol. The summed E-state index contributed by atoms with van der Waals surface area (Å²) in [5, 5.41) is 12.3. The van der Waals surface area contributed by atoms with Crippen LogP contribution in [0.4, 0.5) is 21.5 Å². The van der Waals surface area contributed by atoms with E-state index in [0.717, 1.165) is 11.3 Å². The standard InChI is InChI=1S/C13H13FN2O.CH3NO/c1-8-2-3-9(6-12(8)15)16-10-4-5-11(14)13(17)7-10;2-1-3/h2-7,16-17H,15H2,1H3;1H,(H2,2,3). The van der Waals surface area contributed by atoms with Gasteiger partial charge in [-0.1, -0.05) is 6.07 Å². The lowest BCUT2D eigenvalue weighted by Gasteiger charge is -2.09. The number of phenolic OH excluding ortho intramolecular Hbond substituents is 1. The summed E-state index contributed by atoms with van der Waals surface area (Å²) in [7, 11) is 0. The summed E-state index contributed by atoms with van der Waals surface area (Å²) in [6, 6.07) is 9.62. The average molecular weight is 277 g/mol.